The lowest BCUT2D eigenvalue weighted by Crippen LogP contribution is -2.55. The number of halogens is 1. The number of anilines is 1. The number of hydrogen-bond donors (Lipinski definition) is 0. The molecule has 6 heteroatoms. The molecule has 3 rings (SSSR count). The molecule has 0 saturated carbocycles. The van der Waals surface area contributed by atoms with E-state index in [4.69, 9.17) is 16.3 Å². The Balaban J connectivity index is 1.68. The van der Waals surface area contributed by atoms with E-state index in [1.54, 1.807) is 11.0 Å². The van der Waals surface area contributed by atoms with Crippen LogP contribution in [0.4, 0.5) is 5.69 Å². The molecule has 0 radical (unpaired) electrons. The molecule has 1 aromatic carbocycles. The Bertz CT molecular complexity index is 614. The second-order valence-corrected chi connectivity index (χ2v) is 6.63. The molecule has 1 unspecified atom stereocenters. The predicted octanol–water partition coefficient (Wildman–Crippen LogP) is 2.25. The van der Waals surface area contributed by atoms with E-state index in [2.05, 4.69) is 0 Å². The van der Waals surface area contributed by atoms with Gasteiger partial charge in [0.2, 0.25) is 0 Å². The SMILES string of the molecule is Cc1ccc(N2CCN(CC3CCCOC3)C(=O)C2=O)cc1Cl. The molecule has 1 atom stereocenters. The third-order valence-corrected chi connectivity index (χ3v) is 4.92. The van der Waals surface area contributed by atoms with E-state index in [1.165, 1.54) is 4.90 Å². The molecular weight excluding hydrogens is 316 g/mol. The first kappa shape index (κ1) is 16.3. The molecule has 1 aromatic rings. The molecule has 2 amide bonds. The van der Waals surface area contributed by atoms with Crippen LogP contribution in [0.15, 0.2) is 18.2 Å². The molecule has 124 valence electrons. The second-order valence-electron chi connectivity index (χ2n) is 6.22. The largest absolute Gasteiger partial charge is 0.381 e. The van der Waals surface area contributed by atoms with Gasteiger partial charge in [-0.15, -0.1) is 0 Å². The number of hydrogen-bond acceptors (Lipinski definition) is 3. The molecule has 2 aliphatic rings. The summed E-state index contributed by atoms with van der Waals surface area (Å²) in [5.41, 5.74) is 1.63. The molecule has 2 heterocycles. The maximum absolute atomic E-state index is 12.4. The number of carbonyl (C=O) groups is 2. The first-order valence-electron chi connectivity index (χ1n) is 8.01. The summed E-state index contributed by atoms with van der Waals surface area (Å²) in [6.45, 7) is 5.03. The zero-order valence-electron chi connectivity index (χ0n) is 13.3. The first-order chi connectivity index (χ1) is 11.1. The molecular formula is C17H21ClN2O3. The van der Waals surface area contributed by atoms with Gasteiger partial charge in [-0.05, 0) is 43.4 Å². The van der Waals surface area contributed by atoms with Gasteiger partial charge < -0.3 is 14.5 Å². The van der Waals surface area contributed by atoms with E-state index in [0.29, 0.717) is 42.9 Å². The summed E-state index contributed by atoms with van der Waals surface area (Å²) in [5, 5.41) is 0.601. The molecule has 0 aromatic heterocycles. The average molecular weight is 337 g/mol. The number of amides is 2. The lowest BCUT2D eigenvalue weighted by molar-refractivity contribution is -0.147. The molecule has 0 N–H and O–H groups in total. The molecule has 2 aliphatic heterocycles. The topological polar surface area (TPSA) is 49.9 Å². The van der Waals surface area contributed by atoms with Crippen LogP contribution in [0.5, 0.6) is 0 Å². The standard InChI is InChI=1S/C17H21ClN2O3/c1-12-4-5-14(9-15(12)18)20-7-6-19(16(21)17(20)22)10-13-3-2-8-23-11-13/h4-5,9,13H,2-3,6-8,10-11H2,1H3. The van der Waals surface area contributed by atoms with Crippen LogP contribution < -0.4 is 4.90 Å². The van der Waals surface area contributed by atoms with Crippen molar-refractivity contribution in [1.29, 1.82) is 0 Å². The van der Waals surface area contributed by atoms with E-state index >= 15 is 0 Å². The van der Waals surface area contributed by atoms with Gasteiger partial charge in [-0.2, -0.15) is 0 Å². The van der Waals surface area contributed by atoms with Crippen molar-refractivity contribution in [3.8, 4) is 0 Å². The number of aryl methyl sites for hydroxylation is 1. The van der Waals surface area contributed by atoms with Crippen molar-refractivity contribution in [2.45, 2.75) is 19.8 Å². The summed E-state index contributed by atoms with van der Waals surface area (Å²) in [4.78, 5) is 28.0. The number of benzene rings is 1. The van der Waals surface area contributed by atoms with Gasteiger partial charge in [0.1, 0.15) is 0 Å². The van der Waals surface area contributed by atoms with Crippen LogP contribution in [-0.4, -0.2) is 49.6 Å². The van der Waals surface area contributed by atoms with Crippen molar-refractivity contribution in [1.82, 2.24) is 4.90 Å². The lowest BCUT2D eigenvalue weighted by atomic mass is 10.0. The number of rotatable bonds is 3. The predicted molar refractivity (Wildman–Crippen MR) is 88.7 cm³/mol. The fourth-order valence-electron chi connectivity index (χ4n) is 3.11. The molecule has 0 spiro atoms. The van der Waals surface area contributed by atoms with Gasteiger partial charge in [0.25, 0.3) is 0 Å². The fraction of sp³-hybridized carbons (Fsp3) is 0.529. The van der Waals surface area contributed by atoms with Crippen LogP contribution in [0.3, 0.4) is 0 Å². The van der Waals surface area contributed by atoms with Crippen LogP contribution in [0.2, 0.25) is 5.02 Å². The monoisotopic (exact) mass is 336 g/mol. The zero-order valence-corrected chi connectivity index (χ0v) is 14.0. The van der Waals surface area contributed by atoms with Crippen molar-refractivity contribution in [3.05, 3.63) is 28.8 Å². The van der Waals surface area contributed by atoms with E-state index in [9.17, 15) is 9.59 Å². The number of ether oxygens (including phenoxy) is 1. The van der Waals surface area contributed by atoms with Crippen LogP contribution in [0.1, 0.15) is 18.4 Å². The van der Waals surface area contributed by atoms with Crippen molar-refractivity contribution < 1.29 is 14.3 Å². The second kappa shape index (κ2) is 6.89. The van der Waals surface area contributed by atoms with Crippen LogP contribution in [-0.2, 0) is 14.3 Å². The van der Waals surface area contributed by atoms with Crippen molar-refractivity contribution >= 4 is 29.1 Å². The Labute approximate surface area is 141 Å². The third-order valence-electron chi connectivity index (χ3n) is 4.51. The first-order valence-corrected chi connectivity index (χ1v) is 8.38. The molecule has 0 bridgehead atoms. The molecule has 0 aliphatic carbocycles. The highest BCUT2D eigenvalue weighted by atomic mass is 35.5. The summed E-state index contributed by atoms with van der Waals surface area (Å²) < 4.78 is 5.45. The fourth-order valence-corrected chi connectivity index (χ4v) is 3.28. The number of piperazine rings is 1. The van der Waals surface area contributed by atoms with Crippen molar-refractivity contribution in [3.63, 3.8) is 0 Å². The molecule has 2 saturated heterocycles. The Morgan fingerprint density at radius 2 is 2.09 bits per heavy atom. The Hall–Kier alpha value is -1.59. The molecule has 5 nitrogen and oxygen atoms in total. The maximum Gasteiger partial charge on any atom is 0.316 e. The van der Waals surface area contributed by atoms with Gasteiger partial charge in [-0.3, -0.25) is 9.59 Å². The highest BCUT2D eigenvalue weighted by Gasteiger charge is 2.34. The highest BCUT2D eigenvalue weighted by molar-refractivity contribution is 6.41. The molecule has 23 heavy (non-hydrogen) atoms. The minimum absolute atomic E-state index is 0.334. The van der Waals surface area contributed by atoms with Crippen LogP contribution in [0.25, 0.3) is 0 Å². The van der Waals surface area contributed by atoms with Crippen molar-refractivity contribution in [2.24, 2.45) is 5.92 Å². The van der Waals surface area contributed by atoms with Crippen LogP contribution in [0, 0.1) is 12.8 Å². The van der Waals surface area contributed by atoms with Crippen LogP contribution >= 0.6 is 11.6 Å². The minimum Gasteiger partial charge on any atom is -0.381 e. The molecule has 2 fully saturated rings. The van der Waals surface area contributed by atoms with Crippen molar-refractivity contribution in [2.75, 3.05) is 37.7 Å². The summed E-state index contributed by atoms with van der Waals surface area (Å²) in [5.74, 6) is -0.577. The van der Waals surface area contributed by atoms with Gasteiger partial charge in [0.15, 0.2) is 0 Å². The minimum atomic E-state index is -0.479. The van der Waals surface area contributed by atoms with E-state index in [1.807, 2.05) is 19.1 Å². The Kier molecular flexibility index (Phi) is 4.87. The third kappa shape index (κ3) is 3.51. The quantitative estimate of drug-likeness (QED) is 0.795. The highest BCUT2D eigenvalue weighted by Crippen LogP contribution is 2.25. The van der Waals surface area contributed by atoms with E-state index in [-0.39, 0.29) is 0 Å². The summed E-state index contributed by atoms with van der Waals surface area (Å²) in [6.07, 6.45) is 2.07. The van der Waals surface area contributed by atoms with Gasteiger partial charge in [-0.1, -0.05) is 17.7 Å². The summed E-state index contributed by atoms with van der Waals surface area (Å²) >= 11 is 6.13. The van der Waals surface area contributed by atoms with E-state index < -0.39 is 11.8 Å². The average Bonchev–Trinajstić information content (AvgIpc) is 2.56. The van der Waals surface area contributed by atoms with Gasteiger partial charge >= 0.3 is 11.8 Å². The maximum atomic E-state index is 12.4. The summed E-state index contributed by atoms with van der Waals surface area (Å²) in [7, 11) is 0. The Morgan fingerprint density at radius 1 is 1.26 bits per heavy atom. The summed E-state index contributed by atoms with van der Waals surface area (Å²) in [6, 6.07) is 5.44. The number of nitrogens with zero attached hydrogens (tertiary/aromatic N) is 2. The normalized spacial score (nSPS) is 22.6. The number of carbonyl (C=O) groups excluding carboxylic acids is 2. The van der Waals surface area contributed by atoms with Gasteiger partial charge in [-0.25, -0.2) is 0 Å². The van der Waals surface area contributed by atoms with Gasteiger partial charge in [0, 0.05) is 37.0 Å². The van der Waals surface area contributed by atoms with Gasteiger partial charge in [0.05, 0.1) is 6.61 Å². The van der Waals surface area contributed by atoms with E-state index in [0.717, 1.165) is 25.0 Å². The smallest absolute Gasteiger partial charge is 0.316 e. The zero-order chi connectivity index (χ0) is 16.4. The lowest BCUT2D eigenvalue weighted by Gasteiger charge is -2.36. The Morgan fingerprint density at radius 3 is 2.78 bits per heavy atom.